The molecule has 2 aromatic rings. The van der Waals surface area contributed by atoms with Crippen molar-refractivity contribution in [3.8, 4) is 0 Å². The molecular formula is C12H8BrCl2FN2O2S. The van der Waals surface area contributed by atoms with Gasteiger partial charge in [0, 0.05) is 23.3 Å². The molecule has 4 nitrogen and oxygen atoms in total. The summed E-state index contributed by atoms with van der Waals surface area (Å²) in [6.45, 7) is -0.270. The van der Waals surface area contributed by atoms with Gasteiger partial charge in [-0.3, -0.25) is 0 Å². The van der Waals surface area contributed by atoms with E-state index in [-0.39, 0.29) is 27.2 Å². The van der Waals surface area contributed by atoms with Gasteiger partial charge in [-0.05, 0) is 34.1 Å². The Hall–Kier alpha value is -0.730. The second kappa shape index (κ2) is 6.58. The smallest absolute Gasteiger partial charge is 0.242 e. The molecule has 0 bridgehead atoms. The van der Waals surface area contributed by atoms with Crippen molar-refractivity contribution in [2.24, 2.45) is 0 Å². The fourth-order valence-corrected chi connectivity index (χ4v) is 3.30. The number of aromatic nitrogens is 1. The highest BCUT2D eigenvalue weighted by Gasteiger charge is 2.17. The molecule has 112 valence electrons. The third kappa shape index (κ3) is 3.92. The quantitative estimate of drug-likeness (QED) is 0.776. The molecule has 0 aliphatic rings. The predicted molar refractivity (Wildman–Crippen MR) is 82.4 cm³/mol. The van der Waals surface area contributed by atoms with Crippen molar-refractivity contribution in [3.05, 3.63) is 56.5 Å². The molecule has 21 heavy (non-hydrogen) atoms. The first-order chi connectivity index (χ1) is 9.81. The van der Waals surface area contributed by atoms with Crippen LogP contribution in [-0.4, -0.2) is 13.4 Å². The number of halogens is 4. The monoisotopic (exact) mass is 412 g/mol. The van der Waals surface area contributed by atoms with Crippen molar-refractivity contribution in [1.29, 1.82) is 0 Å². The van der Waals surface area contributed by atoms with Crippen LogP contribution in [0.2, 0.25) is 10.2 Å². The molecule has 1 aromatic heterocycles. The molecule has 9 heteroatoms. The van der Waals surface area contributed by atoms with Crippen LogP contribution in [0.1, 0.15) is 5.56 Å². The maximum atomic E-state index is 13.6. The van der Waals surface area contributed by atoms with E-state index in [1.807, 2.05) is 0 Å². The predicted octanol–water partition coefficient (Wildman–Crippen LogP) is 3.77. The van der Waals surface area contributed by atoms with E-state index in [9.17, 15) is 12.8 Å². The largest absolute Gasteiger partial charge is 0.242 e. The Balaban J connectivity index is 2.24. The van der Waals surface area contributed by atoms with Gasteiger partial charge in [-0.25, -0.2) is 22.5 Å². The van der Waals surface area contributed by atoms with Crippen molar-refractivity contribution in [2.75, 3.05) is 0 Å². The first-order valence-electron chi connectivity index (χ1n) is 5.55. The summed E-state index contributed by atoms with van der Waals surface area (Å²) in [6.07, 6.45) is 1.11. The fraction of sp³-hybridized carbons (Fsp3) is 0.0833. The van der Waals surface area contributed by atoms with Crippen LogP contribution >= 0.6 is 39.1 Å². The average molecular weight is 414 g/mol. The van der Waals surface area contributed by atoms with Crippen LogP contribution in [0.3, 0.4) is 0 Å². The maximum Gasteiger partial charge on any atom is 0.242 e. The van der Waals surface area contributed by atoms with Crippen molar-refractivity contribution in [3.63, 3.8) is 0 Å². The number of hydrogen-bond donors (Lipinski definition) is 1. The SMILES string of the molecule is O=S(=O)(NCc1c(F)cccc1Cl)c1cnc(Cl)c(Br)c1. The van der Waals surface area contributed by atoms with Gasteiger partial charge in [0.15, 0.2) is 0 Å². The lowest BCUT2D eigenvalue weighted by Gasteiger charge is -2.09. The van der Waals surface area contributed by atoms with E-state index in [0.29, 0.717) is 4.47 Å². The zero-order valence-electron chi connectivity index (χ0n) is 10.3. The third-order valence-electron chi connectivity index (χ3n) is 2.58. The molecule has 1 aromatic carbocycles. The summed E-state index contributed by atoms with van der Waals surface area (Å²) in [4.78, 5) is 3.64. The lowest BCUT2D eigenvalue weighted by Crippen LogP contribution is -2.24. The van der Waals surface area contributed by atoms with E-state index in [1.54, 1.807) is 0 Å². The van der Waals surface area contributed by atoms with Crippen LogP contribution in [0.4, 0.5) is 4.39 Å². The number of nitrogens with one attached hydrogen (secondary N) is 1. The molecule has 0 unspecified atom stereocenters. The van der Waals surface area contributed by atoms with E-state index in [1.165, 1.54) is 24.3 Å². The van der Waals surface area contributed by atoms with Gasteiger partial charge in [0.25, 0.3) is 0 Å². The Labute approximate surface area is 139 Å². The minimum Gasteiger partial charge on any atom is -0.242 e. The highest BCUT2D eigenvalue weighted by atomic mass is 79.9. The van der Waals surface area contributed by atoms with Gasteiger partial charge in [-0.2, -0.15) is 0 Å². The Morgan fingerprint density at radius 1 is 1.33 bits per heavy atom. The Morgan fingerprint density at radius 2 is 2.05 bits per heavy atom. The lowest BCUT2D eigenvalue weighted by atomic mass is 10.2. The number of nitrogens with zero attached hydrogens (tertiary/aromatic N) is 1. The summed E-state index contributed by atoms with van der Waals surface area (Å²) in [7, 11) is -3.86. The summed E-state index contributed by atoms with van der Waals surface area (Å²) >= 11 is 14.6. The third-order valence-corrected chi connectivity index (χ3v) is 5.44. The van der Waals surface area contributed by atoms with Gasteiger partial charge >= 0.3 is 0 Å². The van der Waals surface area contributed by atoms with Crippen molar-refractivity contribution < 1.29 is 12.8 Å². The molecule has 0 amide bonds. The summed E-state index contributed by atoms with van der Waals surface area (Å²) in [6, 6.07) is 5.43. The highest BCUT2D eigenvalue weighted by Crippen LogP contribution is 2.23. The number of rotatable bonds is 4. The van der Waals surface area contributed by atoms with Gasteiger partial charge in [-0.15, -0.1) is 0 Å². The average Bonchev–Trinajstić information content (AvgIpc) is 2.41. The van der Waals surface area contributed by atoms with Gasteiger partial charge in [0.05, 0.1) is 4.47 Å². The van der Waals surface area contributed by atoms with Gasteiger partial charge in [0.1, 0.15) is 15.9 Å². The van der Waals surface area contributed by atoms with Crippen molar-refractivity contribution in [1.82, 2.24) is 9.71 Å². The Kier molecular flexibility index (Phi) is 5.21. The van der Waals surface area contributed by atoms with Crippen LogP contribution < -0.4 is 4.72 Å². The zero-order valence-corrected chi connectivity index (χ0v) is 14.2. The number of sulfonamides is 1. The first-order valence-corrected chi connectivity index (χ1v) is 8.58. The molecular weight excluding hydrogens is 406 g/mol. The van der Waals surface area contributed by atoms with Gasteiger partial charge < -0.3 is 0 Å². The van der Waals surface area contributed by atoms with Crippen LogP contribution in [0.5, 0.6) is 0 Å². The van der Waals surface area contributed by atoms with Crippen LogP contribution in [0.25, 0.3) is 0 Å². The molecule has 0 spiro atoms. The molecule has 1 heterocycles. The Morgan fingerprint density at radius 3 is 2.67 bits per heavy atom. The molecule has 0 radical (unpaired) electrons. The first kappa shape index (κ1) is 16.6. The van der Waals surface area contributed by atoms with Gasteiger partial charge in [0.2, 0.25) is 10.0 Å². The van der Waals surface area contributed by atoms with E-state index < -0.39 is 15.8 Å². The summed E-state index contributed by atoms with van der Waals surface area (Å²) in [5.74, 6) is -0.583. The second-order valence-electron chi connectivity index (χ2n) is 3.97. The highest BCUT2D eigenvalue weighted by molar-refractivity contribution is 9.10. The van der Waals surface area contributed by atoms with Crippen LogP contribution in [-0.2, 0) is 16.6 Å². The molecule has 0 aliphatic heterocycles. The molecule has 0 aliphatic carbocycles. The maximum absolute atomic E-state index is 13.6. The molecule has 0 saturated carbocycles. The second-order valence-corrected chi connectivity index (χ2v) is 7.35. The molecule has 1 N–H and O–H groups in total. The van der Waals surface area contributed by atoms with E-state index in [0.717, 1.165) is 6.20 Å². The number of hydrogen-bond acceptors (Lipinski definition) is 3. The molecule has 0 atom stereocenters. The minimum atomic E-state index is -3.86. The molecule has 0 saturated heterocycles. The van der Waals surface area contributed by atoms with Crippen molar-refractivity contribution in [2.45, 2.75) is 11.4 Å². The van der Waals surface area contributed by atoms with E-state index in [2.05, 4.69) is 25.6 Å². The summed E-state index contributed by atoms with van der Waals surface area (Å²) < 4.78 is 40.4. The molecule has 2 rings (SSSR count). The zero-order chi connectivity index (χ0) is 15.6. The van der Waals surface area contributed by atoms with Crippen LogP contribution in [0.15, 0.2) is 39.8 Å². The minimum absolute atomic E-state index is 0.0729. The topological polar surface area (TPSA) is 59.1 Å². The molecule has 0 fully saturated rings. The van der Waals surface area contributed by atoms with Gasteiger partial charge in [-0.1, -0.05) is 29.3 Å². The summed E-state index contributed by atoms with van der Waals surface area (Å²) in [5, 5.41) is 0.291. The van der Waals surface area contributed by atoms with Crippen molar-refractivity contribution >= 4 is 49.2 Å². The number of benzene rings is 1. The lowest BCUT2D eigenvalue weighted by molar-refractivity contribution is 0.574. The van der Waals surface area contributed by atoms with E-state index in [4.69, 9.17) is 23.2 Å². The standard InChI is InChI=1S/C12H8BrCl2FN2O2S/c13-9-4-7(5-17-12(9)15)21(19,20)18-6-8-10(14)2-1-3-11(8)16/h1-5,18H,6H2. The fourth-order valence-electron chi connectivity index (χ4n) is 1.50. The Bertz CT molecular complexity index is 767. The van der Waals surface area contributed by atoms with Crippen LogP contribution in [0, 0.1) is 5.82 Å². The number of pyridine rings is 1. The van der Waals surface area contributed by atoms with E-state index >= 15 is 0 Å². The normalized spacial score (nSPS) is 11.6. The summed E-state index contributed by atoms with van der Waals surface area (Å²) in [5.41, 5.74) is 0.0729.